The Kier molecular flexibility index (Phi) is 2.10. The predicted molar refractivity (Wildman–Crippen MR) is 47.8 cm³/mol. The third-order valence-corrected chi connectivity index (χ3v) is 3.22. The number of nitrogens with one attached hydrogen (secondary N) is 1. The molecule has 2 amide bonds. The van der Waals surface area contributed by atoms with Crippen molar-refractivity contribution in [3.05, 3.63) is 0 Å². The summed E-state index contributed by atoms with van der Waals surface area (Å²) < 4.78 is 0. The van der Waals surface area contributed by atoms with E-state index in [2.05, 4.69) is 12.2 Å². The molecule has 0 aromatic heterocycles. The maximum Gasteiger partial charge on any atom is 0.230 e. The largest absolute Gasteiger partial charge is 0.296 e. The van der Waals surface area contributed by atoms with Crippen LogP contribution in [0.15, 0.2) is 0 Å². The Hall–Kier alpha value is -0.860. The Morgan fingerprint density at radius 3 is 2.54 bits per heavy atom. The zero-order chi connectivity index (χ0) is 9.42. The molecular formula is C10H15NO2. The lowest BCUT2D eigenvalue weighted by Gasteiger charge is -2.18. The Morgan fingerprint density at radius 2 is 2.15 bits per heavy atom. The fourth-order valence-corrected chi connectivity index (χ4v) is 2.39. The summed E-state index contributed by atoms with van der Waals surface area (Å²) in [4.78, 5) is 22.4. The van der Waals surface area contributed by atoms with E-state index >= 15 is 0 Å². The predicted octanol–water partition coefficient (Wildman–Crippen LogP) is 1.09. The molecule has 0 aromatic carbocycles. The first-order valence-corrected chi connectivity index (χ1v) is 5.06. The molecule has 0 spiro atoms. The highest BCUT2D eigenvalue weighted by molar-refractivity contribution is 6.03. The van der Waals surface area contributed by atoms with Gasteiger partial charge in [-0.1, -0.05) is 13.3 Å². The lowest BCUT2D eigenvalue weighted by atomic mass is 9.85. The normalized spacial score (nSPS) is 30.4. The van der Waals surface area contributed by atoms with Crippen molar-refractivity contribution in [1.82, 2.24) is 5.32 Å². The monoisotopic (exact) mass is 181 g/mol. The van der Waals surface area contributed by atoms with Gasteiger partial charge in [-0.15, -0.1) is 0 Å². The molecule has 1 N–H and O–H groups in total. The number of rotatable bonds is 3. The maximum atomic E-state index is 11.4. The summed E-state index contributed by atoms with van der Waals surface area (Å²) in [6, 6.07) is 0. The van der Waals surface area contributed by atoms with Gasteiger partial charge in [0, 0.05) is 6.42 Å². The van der Waals surface area contributed by atoms with Crippen LogP contribution in [-0.2, 0) is 9.59 Å². The van der Waals surface area contributed by atoms with Gasteiger partial charge in [0.05, 0.1) is 5.92 Å². The molecule has 0 aromatic rings. The summed E-state index contributed by atoms with van der Waals surface area (Å²) in [6.45, 7) is 2.11. The molecule has 13 heavy (non-hydrogen) atoms. The Morgan fingerprint density at radius 1 is 1.46 bits per heavy atom. The lowest BCUT2D eigenvalue weighted by molar-refractivity contribution is -0.126. The highest BCUT2D eigenvalue weighted by Gasteiger charge is 2.42. The lowest BCUT2D eigenvalue weighted by Crippen LogP contribution is -2.26. The highest BCUT2D eigenvalue weighted by Crippen LogP contribution is 2.44. The minimum Gasteiger partial charge on any atom is -0.296 e. The summed E-state index contributed by atoms with van der Waals surface area (Å²) in [5.41, 5.74) is 0. The standard InChI is InChI=1S/C10H15NO2/c1-2-7(6-3-4-6)8-5-9(12)11-10(8)13/h6-8H,2-5H2,1H3,(H,11,12,13). The van der Waals surface area contributed by atoms with Crippen LogP contribution in [-0.4, -0.2) is 11.8 Å². The molecular weight excluding hydrogens is 166 g/mol. The average molecular weight is 181 g/mol. The van der Waals surface area contributed by atoms with Crippen molar-refractivity contribution in [3.63, 3.8) is 0 Å². The summed E-state index contributed by atoms with van der Waals surface area (Å²) in [7, 11) is 0. The minimum atomic E-state index is -0.0888. The third-order valence-electron chi connectivity index (χ3n) is 3.22. The fourth-order valence-electron chi connectivity index (χ4n) is 2.39. The number of amides is 2. The minimum absolute atomic E-state index is 0.0231. The van der Waals surface area contributed by atoms with E-state index in [1.165, 1.54) is 12.8 Å². The van der Waals surface area contributed by atoms with Gasteiger partial charge in [-0.25, -0.2) is 0 Å². The Balaban J connectivity index is 2.05. The van der Waals surface area contributed by atoms with E-state index < -0.39 is 0 Å². The zero-order valence-corrected chi connectivity index (χ0v) is 7.88. The second-order valence-electron chi connectivity index (χ2n) is 4.13. The SMILES string of the molecule is CCC(C1CC1)C1CC(=O)NC1=O. The van der Waals surface area contributed by atoms with Crippen molar-refractivity contribution >= 4 is 11.8 Å². The zero-order valence-electron chi connectivity index (χ0n) is 7.88. The Labute approximate surface area is 77.9 Å². The molecule has 2 fully saturated rings. The van der Waals surface area contributed by atoms with Crippen LogP contribution in [0.25, 0.3) is 0 Å². The van der Waals surface area contributed by atoms with Crippen LogP contribution < -0.4 is 5.32 Å². The van der Waals surface area contributed by atoms with Gasteiger partial charge in [0.15, 0.2) is 0 Å². The molecule has 2 atom stereocenters. The first-order valence-electron chi connectivity index (χ1n) is 5.06. The summed E-state index contributed by atoms with van der Waals surface area (Å²) in [6.07, 6.45) is 3.94. The summed E-state index contributed by atoms with van der Waals surface area (Å²) in [5, 5.41) is 2.39. The second kappa shape index (κ2) is 3.13. The van der Waals surface area contributed by atoms with Gasteiger partial charge in [0.2, 0.25) is 11.8 Å². The van der Waals surface area contributed by atoms with Crippen LogP contribution in [0.2, 0.25) is 0 Å². The van der Waals surface area contributed by atoms with Crippen LogP contribution in [0, 0.1) is 17.8 Å². The van der Waals surface area contributed by atoms with Crippen LogP contribution in [0.3, 0.4) is 0 Å². The van der Waals surface area contributed by atoms with Crippen molar-refractivity contribution in [2.24, 2.45) is 17.8 Å². The van der Waals surface area contributed by atoms with Crippen molar-refractivity contribution < 1.29 is 9.59 Å². The second-order valence-corrected chi connectivity index (χ2v) is 4.13. The molecule has 72 valence electrons. The molecule has 2 unspecified atom stereocenters. The van der Waals surface area contributed by atoms with Crippen LogP contribution >= 0.6 is 0 Å². The average Bonchev–Trinajstić information content (AvgIpc) is 2.82. The molecule has 3 heteroatoms. The van der Waals surface area contributed by atoms with E-state index in [9.17, 15) is 9.59 Å². The van der Waals surface area contributed by atoms with E-state index in [1.807, 2.05) is 0 Å². The molecule has 1 heterocycles. The quantitative estimate of drug-likeness (QED) is 0.662. The van der Waals surface area contributed by atoms with Gasteiger partial charge in [-0.2, -0.15) is 0 Å². The van der Waals surface area contributed by atoms with Gasteiger partial charge in [-0.05, 0) is 24.7 Å². The van der Waals surface area contributed by atoms with E-state index in [0.29, 0.717) is 18.3 Å². The van der Waals surface area contributed by atoms with E-state index in [1.54, 1.807) is 0 Å². The topological polar surface area (TPSA) is 46.2 Å². The van der Waals surface area contributed by atoms with Crippen LogP contribution in [0.4, 0.5) is 0 Å². The van der Waals surface area contributed by atoms with Gasteiger partial charge in [-0.3, -0.25) is 14.9 Å². The first-order chi connectivity index (χ1) is 6.22. The van der Waals surface area contributed by atoms with Gasteiger partial charge < -0.3 is 0 Å². The molecule has 1 aliphatic carbocycles. The molecule has 2 rings (SSSR count). The number of hydrogen-bond acceptors (Lipinski definition) is 2. The molecule has 1 saturated heterocycles. The van der Waals surface area contributed by atoms with E-state index in [-0.39, 0.29) is 17.7 Å². The van der Waals surface area contributed by atoms with E-state index in [0.717, 1.165) is 6.42 Å². The van der Waals surface area contributed by atoms with Gasteiger partial charge >= 0.3 is 0 Å². The molecule has 0 bridgehead atoms. The molecule has 0 radical (unpaired) electrons. The fraction of sp³-hybridized carbons (Fsp3) is 0.800. The molecule has 1 aliphatic heterocycles. The smallest absolute Gasteiger partial charge is 0.230 e. The molecule has 2 aliphatic rings. The highest BCUT2D eigenvalue weighted by atomic mass is 16.2. The maximum absolute atomic E-state index is 11.4. The number of carbonyl (C=O) groups is 2. The van der Waals surface area contributed by atoms with Crippen LogP contribution in [0.5, 0.6) is 0 Å². The summed E-state index contributed by atoms with van der Waals surface area (Å²) >= 11 is 0. The third kappa shape index (κ3) is 1.60. The van der Waals surface area contributed by atoms with Crippen molar-refractivity contribution in [2.75, 3.05) is 0 Å². The first kappa shape index (κ1) is 8.73. The van der Waals surface area contributed by atoms with Gasteiger partial charge in [0.25, 0.3) is 0 Å². The molecule has 3 nitrogen and oxygen atoms in total. The van der Waals surface area contributed by atoms with Crippen molar-refractivity contribution in [1.29, 1.82) is 0 Å². The van der Waals surface area contributed by atoms with E-state index in [4.69, 9.17) is 0 Å². The Bertz CT molecular complexity index is 245. The molecule has 1 saturated carbocycles. The van der Waals surface area contributed by atoms with Crippen molar-refractivity contribution in [3.8, 4) is 0 Å². The number of hydrogen-bond donors (Lipinski definition) is 1. The number of imide groups is 1. The van der Waals surface area contributed by atoms with Crippen LogP contribution in [0.1, 0.15) is 32.6 Å². The van der Waals surface area contributed by atoms with Crippen molar-refractivity contribution in [2.45, 2.75) is 32.6 Å². The van der Waals surface area contributed by atoms with Gasteiger partial charge in [0.1, 0.15) is 0 Å². The summed E-state index contributed by atoms with van der Waals surface area (Å²) in [5.74, 6) is 1.01. The number of carbonyl (C=O) groups excluding carboxylic acids is 2.